The van der Waals surface area contributed by atoms with Crippen molar-refractivity contribution in [3.63, 3.8) is 0 Å². The maximum Gasteiger partial charge on any atom is 0.227 e. The van der Waals surface area contributed by atoms with Gasteiger partial charge in [0.05, 0.1) is 12.7 Å². The molecule has 0 bridgehead atoms. The first kappa shape index (κ1) is 16.1. The van der Waals surface area contributed by atoms with Crippen LogP contribution in [0.1, 0.15) is 36.5 Å². The zero-order chi connectivity index (χ0) is 16.6. The third kappa shape index (κ3) is 3.00. The summed E-state index contributed by atoms with van der Waals surface area (Å²) in [5.41, 5.74) is 10.1. The summed E-state index contributed by atoms with van der Waals surface area (Å²) < 4.78 is 5.72. The number of carbonyl (C=O) groups is 1. The van der Waals surface area contributed by atoms with Crippen LogP contribution in [0.25, 0.3) is 11.0 Å². The number of hydrogen-bond acceptors (Lipinski definition) is 3. The van der Waals surface area contributed by atoms with Crippen LogP contribution < -0.4 is 5.73 Å². The minimum atomic E-state index is 0.160. The molecule has 3 rings (SSSR count). The summed E-state index contributed by atoms with van der Waals surface area (Å²) >= 11 is 0. The number of benzene rings is 1. The monoisotopic (exact) mass is 314 g/mol. The Kier molecular flexibility index (Phi) is 4.44. The Balaban J connectivity index is 1.82. The molecule has 2 unspecified atom stereocenters. The number of amides is 1. The maximum atomic E-state index is 12.8. The Morgan fingerprint density at radius 1 is 1.39 bits per heavy atom. The first-order valence-electron chi connectivity index (χ1n) is 8.47. The van der Waals surface area contributed by atoms with Crippen LogP contribution in [0, 0.1) is 19.8 Å². The van der Waals surface area contributed by atoms with Gasteiger partial charge >= 0.3 is 0 Å². The zero-order valence-electron chi connectivity index (χ0n) is 14.3. The molecule has 0 radical (unpaired) electrons. The fraction of sp³-hybridized carbons (Fsp3) is 0.526. The van der Waals surface area contributed by atoms with Crippen molar-refractivity contribution in [3.8, 4) is 0 Å². The van der Waals surface area contributed by atoms with Crippen molar-refractivity contribution in [2.45, 2.75) is 46.1 Å². The Morgan fingerprint density at radius 2 is 2.17 bits per heavy atom. The second-order valence-corrected chi connectivity index (χ2v) is 6.93. The molecule has 0 spiro atoms. The molecule has 0 aliphatic carbocycles. The smallest absolute Gasteiger partial charge is 0.227 e. The Bertz CT molecular complexity index is 719. The molecular weight excluding hydrogens is 288 g/mol. The summed E-state index contributed by atoms with van der Waals surface area (Å²) in [4.78, 5) is 14.7. The Labute approximate surface area is 137 Å². The number of nitrogens with two attached hydrogens (primary N) is 1. The molecule has 2 aromatic rings. The second kappa shape index (κ2) is 6.36. The molecule has 4 nitrogen and oxygen atoms in total. The molecular formula is C19H26N2O2. The first-order valence-corrected chi connectivity index (χ1v) is 8.47. The normalized spacial score (nSPS) is 21.8. The SMILES string of the molecule is Cc1ccc2c(CC(=O)N3CCC(C)CC3CN)coc2c1C. The van der Waals surface area contributed by atoms with Crippen molar-refractivity contribution in [2.24, 2.45) is 11.7 Å². The van der Waals surface area contributed by atoms with E-state index >= 15 is 0 Å². The highest BCUT2D eigenvalue weighted by Gasteiger charge is 2.29. The summed E-state index contributed by atoms with van der Waals surface area (Å²) in [5, 5.41) is 1.05. The van der Waals surface area contributed by atoms with E-state index in [0.29, 0.717) is 18.9 Å². The van der Waals surface area contributed by atoms with Gasteiger partial charge in [-0.15, -0.1) is 0 Å². The molecule has 2 atom stereocenters. The molecule has 2 N–H and O–H groups in total. The summed E-state index contributed by atoms with van der Waals surface area (Å²) in [5.74, 6) is 0.807. The number of nitrogens with zero attached hydrogens (tertiary/aromatic N) is 1. The lowest BCUT2D eigenvalue weighted by atomic mass is 9.92. The molecule has 23 heavy (non-hydrogen) atoms. The summed E-state index contributed by atoms with van der Waals surface area (Å²) in [6.45, 7) is 7.72. The van der Waals surface area contributed by atoms with Crippen molar-refractivity contribution < 1.29 is 9.21 Å². The van der Waals surface area contributed by atoms with E-state index in [0.717, 1.165) is 41.5 Å². The Morgan fingerprint density at radius 3 is 2.91 bits per heavy atom. The molecule has 2 heterocycles. The summed E-state index contributed by atoms with van der Waals surface area (Å²) in [6, 6.07) is 4.32. The average Bonchev–Trinajstić information content (AvgIpc) is 2.94. The fourth-order valence-corrected chi connectivity index (χ4v) is 3.59. The van der Waals surface area contributed by atoms with Crippen molar-refractivity contribution in [3.05, 3.63) is 35.1 Å². The molecule has 1 fully saturated rings. The highest BCUT2D eigenvalue weighted by atomic mass is 16.3. The molecule has 0 saturated carbocycles. The maximum absolute atomic E-state index is 12.8. The molecule has 1 saturated heterocycles. The quantitative estimate of drug-likeness (QED) is 0.946. The molecule has 124 valence electrons. The van der Waals surface area contributed by atoms with Crippen LogP contribution >= 0.6 is 0 Å². The van der Waals surface area contributed by atoms with E-state index in [1.54, 1.807) is 6.26 Å². The largest absolute Gasteiger partial charge is 0.464 e. The number of aryl methyl sites for hydroxylation is 2. The van der Waals surface area contributed by atoms with Gasteiger partial charge < -0.3 is 15.1 Å². The lowest BCUT2D eigenvalue weighted by Gasteiger charge is -2.38. The van der Waals surface area contributed by atoms with E-state index in [1.807, 2.05) is 4.90 Å². The standard InChI is InChI=1S/C19H26N2O2/c1-12-6-7-21(16(8-12)10-20)18(22)9-15-11-23-19-14(3)13(2)4-5-17(15)19/h4-5,11-12,16H,6-10,20H2,1-3H3. The number of rotatable bonds is 3. The van der Waals surface area contributed by atoms with Gasteiger partial charge in [-0.2, -0.15) is 0 Å². The number of hydrogen-bond donors (Lipinski definition) is 1. The highest BCUT2D eigenvalue weighted by molar-refractivity contribution is 5.89. The van der Waals surface area contributed by atoms with Crippen molar-refractivity contribution in [2.75, 3.05) is 13.1 Å². The minimum Gasteiger partial charge on any atom is -0.464 e. The molecule has 1 amide bonds. The van der Waals surface area contributed by atoms with Gasteiger partial charge in [0.1, 0.15) is 5.58 Å². The molecule has 4 heteroatoms. The number of piperidine rings is 1. The van der Waals surface area contributed by atoms with Crippen LogP contribution in [0.2, 0.25) is 0 Å². The van der Waals surface area contributed by atoms with Crippen molar-refractivity contribution >= 4 is 16.9 Å². The average molecular weight is 314 g/mol. The summed E-state index contributed by atoms with van der Waals surface area (Å²) in [6.07, 6.45) is 4.19. The van der Waals surface area contributed by atoms with E-state index in [-0.39, 0.29) is 11.9 Å². The van der Waals surface area contributed by atoms with Crippen LogP contribution in [0.5, 0.6) is 0 Å². The van der Waals surface area contributed by atoms with Crippen LogP contribution in [0.3, 0.4) is 0 Å². The molecule has 1 aliphatic rings. The van der Waals surface area contributed by atoms with Gasteiger partial charge in [-0.3, -0.25) is 4.79 Å². The van der Waals surface area contributed by atoms with Crippen LogP contribution in [-0.4, -0.2) is 29.9 Å². The fourth-order valence-electron chi connectivity index (χ4n) is 3.59. The van der Waals surface area contributed by atoms with Gasteiger partial charge in [0.15, 0.2) is 0 Å². The van der Waals surface area contributed by atoms with Gasteiger partial charge in [0.25, 0.3) is 0 Å². The number of likely N-dealkylation sites (tertiary alicyclic amines) is 1. The van der Waals surface area contributed by atoms with Gasteiger partial charge in [-0.05, 0) is 43.7 Å². The lowest BCUT2D eigenvalue weighted by Crippen LogP contribution is -2.49. The van der Waals surface area contributed by atoms with E-state index in [9.17, 15) is 4.79 Å². The van der Waals surface area contributed by atoms with Gasteiger partial charge in [-0.1, -0.05) is 19.1 Å². The minimum absolute atomic E-state index is 0.160. The van der Waals surface area contributed by atoms with E-state index in [1.165, 1.54) is 5.56 Å². The van der Waals surface area contributed by atoms with Crippen LogP contribution in [-0.2, 0) is 11.2 Å². The molecule has 1 aromatic heterocycles. The van der Waals surface area contributed by atoms with Gasteiger partial charge in [0, 0.05) is 30.1 Å². The van der Waals surface area contributed by atoms with Crippen molar-refractivity contribution in [1.82, 2.24) is 4.90 Å². The third-order valence-corrected chi connectivity index (χ3v) is 5.25. The van der Waals surface area contributed by atoms with E-state index in [4.69, 9.17) is 10.2 Å². The molecule has 1 aliphatic heterocycles. The Hall–Kier alpha value is -1.81. The van der Waals surface area contributed by atoms with Crippen molar-refractivity contribution in [1.29, 1.82) is 0 Å². The second-order valence-electron chi connectivity index (χ2n) is 6.93. The summed E-state index contributed by atoms with van der Waals surface area (Å²) in [7, 11) is 0. The lowest BCUT2D eigenvalue weighted by molar-refractivity contribution is -0.134. The number of fused-ring (bicyclic) bond motifs is 1. The highest BCUT2D eigenvalue weighted by Crippen LogP contribution is 2.28. The predicted octanol–water partition coefficient (Wildman–Crippen LogP) is 3.18. The topological polar surface area (TPSA) is 59.5 Å². The number of carbonyl (C=O) groups excluding carboxylic acids is 1. The van der Waals surface area contributed by atoms with Crippen LogP contribution in [0.15, 0.2) is 22.8 Å². The van der Waals surface area contributed by atoms with Gasteiger partial charge in [0.2, 0.25) is 5.91 Å². The number of furan rings is 1. The molecule has 1 aromatic carbocycles. The van der Waals surface area contributed by atoms with Gasteiger partial charge in [-0.25, -0.2) is 0 Å². The third-order valence-electron chi connectivity index (χ3n) is 5.25. The van der Waals surface area contributed by atoms with E-state index < -0.39 is 0 Å². The van der Waals surface area contributed by atoms with Crippen LogP contribution in [0.4, 0.5) is 0 Å². The first-order chi connectivity index (χ1) is 11.0. The van der Waals surface area contributed by atoms with E-state index in [2.05, 4.69) is 32.9 Å². The zero-order valence-corrected chi connectivity index (χ0v) is 14.3. The predicted molar refractivity (Wildman–Crippen MR) is 92.3 cm³/mol.